The highest BCUT2D eigenvalue weighted by Crippen LogP contribution is 2.36. The lowest BCUT2D eigenvalue weighted by atomic mass is 10.0. The minimum atomic E-state index is -3.15. The number of thiazole rings is 1. The summed E-state index contributed by atoms with van der Waals surface area (Å²) in [4.78, 5) is 18.4. The standard InChI is InChI=1S/C15H19N3O3S3/c1-15(7-5-13(19)18-15)14-17-11(9-22-14)12-4-3-10(23-12)6-8-16-24(2,20)21/h3-4,9,16H,5-8H2,1-2H3,(H,18,19). The molecule has 2 N–H and O–H groups in total. The number of hydrogen-bond acceptors (Lipinski definition) is 6. The number of nitrogens with one attached hydrogen (secondary N) is 2. The monoisotopic (exact) mass is 385 g/mol. The lowest BCUT2D eigenvalue weighted by Gasteiger charge is -2.20. The number of rotatable bonds is 6. The lowest BCUT2D eigenvalue weighted by Crippen LogP contribution is -2.35. The molecule has 3 heterocycles. The van der Waals surface area contributed by atoms with Gasteiger partial charge in [0, 0.05) is 23.2 Å². The molecule has 1 amide bonds. The molecule has 6 nitrogen and oxygen atoms in total. The molecule has 0 aromatic carbocycles. The van der Waals surface area contributed by atoms with Crippen molar-refractivity contribution in [1.29, 1.82) is 0 Å². The van der Waals surface area contributed by atoms with Gasteiger partial charge in [0.1, 0.15) is 5.01 Å². The summed E-state index contributed by atoms with van der Waals surface area (Å²) < 4.78 is 24.7. The van der Waals surface area contributed by atoms with Gasteiger partial charge < -0.3 is 5.32 Å². The van der Waals surface area contributed by atoms with E-state index in [1.165, 1.54) is 0 Å². The average Bonchev–Trinajstić information content (AvgIpc) is 3.17. The van der Waals surface area contributed by atoms with Crippen LogP contribution in [0, 0.1) is 0 Å². The molecular formula is C15H19N3O3S3. The molecule has 3 rings (SSSR count). The maximum atomic E-state index is 11.5. The Labute approximate surface area is 149 Å². The Balaban J connectivity index is 1.69. The van der Waals surface area contributed by atoms with E-state index in [0.29, 0.717) is 19.4 Å². The van der Waals surface area contributed by atoms with E-state index in [4.69, 9.17) is 4.98 Å². The smallest absolute Gasteiger partial charge is 0.220 e. The number of amides is 1. The normalized spacial score (nSPS) is 21.2. The first-order chi connectivity index (χ1) is 11.3. The fraction of sp³-hybridized carbons (Fsp3) is 0.467. The molecule has 1 aliphatic heterocycles. The molecule has 9 heteroatoms. The molecule has 1 fully saturated rings. The van der Waals surface area contributed by atoms with Gasteiger partial charge in [0.05, 0.1) is 22.4 Å². The van der Waals surface area contributed by atoms with Gasteiger partial charge in [-0.1, -0.05) is 0 Å². The van der Waals surface area contributed by atoms with Crippen molar-refractivity contribution in [3.05, 3.63) is 27.4 Å². The average molecular weight is 386 g/mol. The fourth-order valence-electron chi connectivity index (χ4n) is 2.61. The Morgan fingerprint density at radius 3 is 2.88 bits per heavy atom. The second-order valence-electron chi connectivity index (χ2n) is 6.10. The largest absolute Gasteiger partial charge is 0.344 e. The van der Waals surface area contributed by atoms with Crippen molar-refractivity contribution in [2.24, 2.45) is 0 Å². The highest BCUT2D eigenvalue weighted by atomic mass is 32.2. The Hall–Kier alpha value is -1.29. The molecule has 1 unspecified atom stereocenters. The van der Waals surface area contributed by atoms with Crippen molar-refractivity contribution in [2.45, 2.75) is 31.7 Å². The van der Waals surface area contributed by atoms with Gasteiger partial charge in [-0.25, -0.2) is 18.1 Å². The number of thiophene rings is 1. The fourth-order valence-corrected chi connectivity index (χ4v) is 5.09. The van der Waals surface area contributed by atoms with Crippen LogP contribution < -0.4 is 10.0 Å². The zero-order valence-electron chi connectivity index (χ0n) is 13.5. The topological polar surface area (TPSA) is 88.2 Å². The van der Waals surface area contributed by atoms with Gasteiger partial charge in [-0.15, -0.1) is 22.7 Å². The summed E-state index contributed by atoms with van der Waals surface area (Å²) in [6.07, 6.45) is 3.13. The minimum Gasteiger partial charge on any atom is -0.344 e. The quantitative estimate of drug-likeness (QED) is 0.797. The highest BCUT2D eigenvalue weighted by Gasteiger charge is 2.37. The summed E-state index contributed by atoms with van der Waals surface area (Å²) in [5.41, 5.74) is 0.546. The molecule has 1 atom stereocenters. The number of sulfonamides is 1. The number of nitrogens with zero attached hydrogens (tertiary/aromatic N) is 1. The number of aromatic nitrogens is 1. The zero-order chi connectivity index (χ0) is 17.4. The van der Waals surface area contributed by atoms with E-state index in [1.54, 1.807) is 22.7 Å². The van der Waals surface area contributed by atoms with Crippen molar-refractivity contribution < 1.29 is 13.2 Å². The van der Waals surface area contributed by atoms with E-state index in [9.17, 15) is 13.2 Å². The second kappa shape index (κ2) is 6.55. The van der Waals surface area contributed by atoms with Crippen LogP contribution in [0.1, 0.15) is 29.7 Å². The van der Waals surface area contributed by atoms with Crippen LogP contribution in [0.3, 0.4) is 0 Å². The molecule has 0 saturated carbocycles. The van der Waals surface area contributed by atoms with Crippen LogP contribution in [0.5, 0.6) is 0 Å². The van der Waals surface area contributed by atoms with E-state index < -0.39 is 10.0 Å². The molecule has 1 saturated heterocycles. The van der Waals surface area contributed by atoms with Crippen LogP contribution in [0.4, 0.5) is 0 Å². The van der Waals surface area contributed by atoms with Crippen LogP contribution in [-0.4, -0.2) is 32.1 Å². The summed E-state index contributed by atoms with van der Waals surface area (Å²) in [5.74, 6) is 0.0750. The summed E-state index contributed by atoms with van der Waals surface area (Å²) in [5, 5.41) is 5.94. The third-order valence-corrected chi connectivity index (χ3v) is 6.90. The van der Waals surface area contributed by atoms with Crippen LogP contribution in [0.2, 0.25) is 0 Å². The number of carbonyl (C=O) groups is 1. The molecule has 24 heavy (non-hydrogen) atoms. The summed E-state index contributed by atoms with van der Waals surface area (Å²) >= 11 is 3.18. The van der Waals surface area contributed by atoms with Gasteiger partial charge in [-0.3, -0.25) is 4.79 Å². The number of hydrogen-bond donors (Lipinski definition) is 2. The Bertz CT molecular complexity index is 856. The van der Waals surface area contributed by atoms with Crippen LogP contribution in [0.25, 0.3) is 10.6 Å². The molecule has 2 aromatic heterocycles. The minimum absolute atomic E-state index is 0.0750. The summed E-state index contributed by atoms with van der Waals surface area (Å²) in [6, 6.07) is 4.01. The van der Waals surface area contributed by atoms with E-state index in [0.717, 1.165) is 33.1 Å². The molecule has 0 bridgehead atoms. The first-order valence-corrected chi connectivity index (χ1v) is 11.1. The van der Waals surface area contributed by atoms with Gasteiger partial charge in [0.2, 0.25) is 15.9 Å². The zero-order valence-corrected chi connectivity index (χ0v) is 15.9. The second-order valence-corrected chi connectivity index (χ2v) is 9.96. The summed E-state index contributed by atoms with van der Waals surface area (Å²) in [6.45, 7) is 2.41. The van der Waals surface area contributed by atoms with Gasteiger partial charge in [-0.05, 0) is 31.9 Å². The third-order valence-electron chi connectivity index (χ3n) is 3.89. The van der Waals surface area contributed by atoms with Crippen molar-refractivity contribution in [2.75, 3.05) is 12.8 Å². The first kappa shape index (κ1) is 17.5. The lowest BCUT2D eigenvalue weighted by molar-refractivity contribution is -0.119. The third kappa shape index (κ3) is 4.02. The van der Waals surface area contributed by atoms with Gasteiger partial charge in [0.25, 0.3) is 0 Å². The molecule has 0 radical (unpaired) electrons. The molecule has 1 aliphatic rings. The van der Waals surface area contributed by atoms with Crippen molar-refractivity contribution in [3.8, 4) is 10.6 Å². The van der Waals surface area contributed by atoms with Crippen molar-refractivity contribution in [3.63, 3.8) is 0 Å². The van der Waals surface area contributed by atoms with Gasteiger partial charge >= 0.3 is 0 Å². The molecule has 0 spiro atoms. The Morgan fingerprint density at radius 2 is 2.21 bits per heavy atom. The highest BCUT2D eigenvalue weighted by molar-refractivity contribution is 7.88. The van der Waals surface area contributed by atoms with Crippen molar-refractivity contribution >= 4 is 38.6 Å². The van der Waals surface area contributed by atoms with E-state index >= 15 is 0 Å². The van der Waals surface area contributed by atoms with E-state index in [2.05, 4.69) is 10.0 Å². The number of carbonyl (C=O) groups excluding carboxylic acids is 1. The predicted molar refractivity (Wildman–Crippen MR) is 96.7 cm³/mol. The predicted octanol–water partition coefficient (Wildman–Crippen LogP) is 2.09. The van der Waals surface area contributed by atoms with E-state index in [1.807, 2.05) is 24.4 Å². The first-order valence-electron chi connectivity index (χ1n) is 7.56. The van der Waals surface area contributed by atoms with Crippen molar-refractivity contribution in [1.82, 2.24) is 15.0 Å². The van der Waals surface area contributed by atoms with E-state index in [-0.39, 0.29) is 11.4 Å². The van der Waals surface area contributed by atoms with Crippen LogP contribution in [0.15, 0.2) is 17.5 Å². The maximum Gasteiger partial charge on any atom is 0.220 e. The molecule has 0 aliphatic carbocycles. The molecule has 2 aromatic rings. The summed E-state index contributed by atoms with van der Waals surface area (Å²) in [7, 11) is -3.15. The SMILES string of the molecule is CC1(c2nc(-c3ccc(CCNS(C)(=O)=O)s3)cs2)CCC(=O)N1. The Morgan fingerprint density at radius 1 is 1.42 bits per heavy atom. The molecule has 130 valence electrons. The van der Waals surface area contributed by atoms with Crippen LogP contribution in [-0.2, 0) is 26.8 Å². The van der Waals surface area contributed by atoms with Gasteiger partial charge in [0.15, 0.2) is 0 Å². The Kier molecular flexibility index (Phi) is 4.78. The van der Waals surface area contributed by atoms with Gasteiger partial charge in [-0.2, -0.15) is 0 Å². The van der Waals surface area contributed by atoms with Crippen LogP contribution >= 0.6 is 22.7 Å². The maximum absolute atomic E-state index is 11.5. The molecular weight excluding hydrogens is 366 g/mol.